The molecule has 5 rings (SSSR count). The number of hydrogen-bond acceptors (Lipinski definition) is 4. The summed E-state index contributed by atoms with van der Waals surface area (Å²) in [6.07, 6.45) is 1.66. The standard InChI is InChI=1S/C29H24ClNO4/c1-4-12-34-21-7-5-6-20(14-21)26-25-27(32)22-15-23(30)18(3)13-24(22)35-28(25)29(33)31(26)16-19-10-8-17(2)9-11-19/h4-11,13-15,26H,1,12,16H2,2-3H3. The number of fused-ring (bicyclic) bond motifs is 2. The number of benzene rings is 3. The maximum absolute atomic E-state index is 13.8. The van der Waals surface area contributed by atoms with Gasteiger partial charge in [0, 0.05) is 11.6 Å². The predicted molar refractivity (Wildman–Crippen MR) is 137 cm³/mol. The maximum Gasteiger partial charge on any atom is 0.291 e. The van der Waals surface area contributed by atoms with E-state index in [4.69, 9.17) is 20.8 Å². The molecule has 1 atom stereocenters. The quantitative estimate of drug-likeness (QED) is 0.297. The van der Waals surface area contributed by atoms with Crippen LogP contribution in [0.2, 0.25) is 5.02 Å². The van der Waals surface area contributed by atoms with Gasteiger partial charge in [-0.3, -0.25) is 9.59 Å². The number of aryl methyl sites for hydroxylation is 2. The van der Waals surface area contributed by atoms with Gasteiger partial charge in [0.15, 0.2) is 5.43 Å². The molecular weight excluding hydrogens is 462 g/mol. The van der Waals surface area contributed by atoms with Crippen molar-refractivity contribution in [3.05, 3.63) is 122 Å². The van der Waals surface area contributed by atoms with Crippen LogP contribution in [0.3, 0.4) is 0 Å². The van der Waals surface area contributed by atoms with Crippen molar-refractivity contribution in [2.75, 3.05) is 6.61 Å². The minimum Gasteiger partial charge on any atom is -0.490 e. The highest BCUT2D eigenvalue weighted by molar-refractivity contribution is 6.32. The van der Waals surface area contributed by atoms with Crippen molar-refractivity contribution < 1.29 is 13.9 Å². The fourth-order valence-electron chi connectivity index (χ4n) is 4.47. The Morgan fingerprint density at radius 1 is 1.09 bits per heavy atom. The van der Waals surface area contributed by atoms with Gasteiger partial charge in [-0.05, 0) is 54.8 Å². The second-order valence-electron chi connectivity index (χ2n) is 8.76. The van der Waals surface area contributed by atoms with Crippen LogP contribution in [-0.2, 0) is 6.54 Å². The van der Waals surface area contributed by atoms with Gasteiger partial charge in [0.1, 0.15) is 17.9 Å². The van der Waals surface area contributed by atoms with E-state index >= 15 is 0 Å². The smallest absolute Gasteiger partial charge is 0.291 e. The molecule has 176 valence electrons. The summed E-state index contributed by atoms with van der Waals surface area (Å²) in [4.78, 5) is 29.1. The van der Waals surface area contributed by atoms with Crippen LogP contribution in [0.1, 0.15) is 44.4 Å². The lowest BCUT2D eigenvalue weighted by molar-refractivity contribution is 0.0714. The van der Waals surface area contributed by atoms with Crippen molar-refractivity contribution in [1.29, 1.82) is 0 Å². The lowest BCUT2D eigenvalue weighted by Crippen LogP contribution is -2.29. The fraction of sp³-hybridized carbons (Fsp3) is 0.172. The molecular formula is C29H24ClNO4. The highest BCUT2D eigenvalue weighted by Gasteiger charge is 2.42. The van der Waals surface area contributed by atoms with Crippen molar-refractivity contribution in [3.63, 3.8) is 0 Å². The summed E-state index contributed by atoms with van der Waals surface area (Å²) < 4.78 is 11.8. The van der Waals surface area contributed by atoms with Crippen molar-refractivity contribution >= 4 is 28.5 Å². The van der Waals surface area contributed by atoms with Crippen LogP contribution in [0.5, 0.6) is 5.75 Å². The van der Waals surface area contributed by atoms with Crippen molar-refractivity contribution in [3.8, 4) is 5.75 Å². The summed E-state index contributed by atoms with van der Waals surface area (Å²) in [7, 11) is 0. The van der Waals surface area contributed by atoms with Gasteiger partial charge in [-0.25, -0.2) is 0 Å². The number of halogens is 1. The van der Waals surface area contributed by atoms with Crippen LogP contribution in [-0.4, -0.2) is 17.4 Å². The summed E-state index contributed by atoms with van der Waals surface area (Å²) in [5.41, 5.74) is 4.02. The van der Waals surface area contributed by atoms with E-state index in [1.807, 2.05) is 62.4 Å². The molecule has 0 bridgehead atoms. The minimum absolute atomic E-state index is 0.0683. The molecule has 0 aliphatic carbocycles. The third kappa shape index (κ3) is 4.13. The zero-order chi connectivity index (χ0) is 24.7. The van der Waals surface area contributed by atoms with Gasteiger partial charge in [-0.2, -0.15) is 0 Å². The molecule has 1 aliphatic heterocycles. The molecule has 6 heteroatoms. The van der Waals surface area contributed by atoms with E-state index < -0.39 is 6.04 Å². The summed E-state index contributed by atoms with van der Waals surface area (Å²) in [5, 5.41) is 0.829. The Morgan fingerprint density at radius 2 is 1.86 bits per heavy atom. The van der Waals surface area contributed by atoms with Crippen molar-refractivity contribution in [2.24, 2.45) is 0 Å². The summed E-state index contributed by atoms with van der Waals surface area (Å²) in [6, 6.07) is 18.1. The van der Waals surface area contributed by atoms with Gasteiger partial charge >= 0.3 is 0 Å². The van der Waals surface area contributed by atoms with E-state index in [1.54, 1.807) is 23.1 Å². The molecule has 0 radical (unpaired) electrons. The molecule has 1 aliphatic rings. The summed E-state index contributed by atoms with van der Waals surface area (Å²) in [5.74, 6) is 0.371. The molecule has 2 heterocycles. The summed E-state index contributed by atoms with van der Waals surface area (Å²) in [6.45, 7) is 8.21. The topological polar surface area (TPSA) is 59.8 Å². The molecule has 4 aromatic rings. The average Bonchev–Trinajstić information content (AvgIpc) is 3.12. The number of rotatable bonds is 6. The van der Waals surface area contributed by atoms with Gasteiger partial charge in [0.05, 0.1) is 17.0 Å². The Labute approximate surface area is 208 Å². The molecule has 1 amide bonds. The largest absolute Gasteiger partial charge is 0.490 e. The Kier molecular flexibility index (Phi) is 5.95. The predicted octanol–water partition coefficient (Wildman–Crippen LogP) is 6.37. The third-order valence-electron chi connectivity index (χ3n) is 6.26. The number of carbonyl (C=O) groups excluding carboxylic acids is 1. The number of ether oxygens (including phenoxy) is 1. The monoisotopic (exact) mass is 485 g/mol. The molecule has 0 fully saturated rings. The summed E-state index contributed by atoms with van der Waals surface area (Å²) >= 11 is 6.33. The van der Waals surface area contributed by atoms with Gasteiger partial charge in [-0.15, -0.1) is 0 Å². The maximum atomic E-state index is 13.8. The first-order valence-corrected chi connectivity index (χ1v) is 11.7. The second-order valence-corrected chi connectivity index (χ2v) is 9.17. The van der Waals surface area contributed by atoms with Crippen molar-refractivity contribution in [1.82, 2.24) is 4.90 Å². The first-order chi connectivity index (χ1) is 16.9. The highest BCUT2D eigenvalue weighted by Crippen LogP contribution is 2.40. The van der Waals surface area contributed by atoms with Crippen LogP contribution >= 0.6 is 11.6 Å². The van der Waals surface area contributed by atoms with E-state index in [1.165, 1.54) is 0 Å². The number of nitrogens with zero attached hydrogens (tertiary/aromatic N) is 1. The Hall–Kier alpha value is -3.83. The van der Waals surface area contributed by atoms with Crippen molar-refractivity contribution in [2.45, 2.75) is 26.4 Å². The Bertz CT molecular complexity index is 1520. The minimum atomic E-state index is -0.633. The van der Waals surface area contributed by atoms with E-state index in [0.717, 1.165) is 22.3 Å². The average molecular weight is 486 g/mol. The van der Waals surface area contributed by atoms with Crippen LogP contribution in [0.25, 0.3) is 11.0 Å². The first kappa shape index (κ1) is 22.9. The van der Waals surface area contributed by atoms with E-state index in [-0.39, 0.29) is 17.1 Å². The lowest BCUT2D eigenvalue weighted by Gasteiger charge is -2.25. The highest BCUT2D eigenvalue weighted by atomic mass is 35.5. The molecule has 0 spiro atoms. The lowest BCUT2D eigenvalue weighted by atomic mass is 9.97. The fourth-order valence-corrected chi connectivity index (χ4v) is 4.63. The van der Waals surface area contributed by atoms with Crippen LogP contribution in [0.4, 0.5) is 0 Å². The van der Waals surface area contributed by atoms with Crippen LogP contribution in [0, 0.1) is 13.8 Å². The van der Waals surface area contributed by atoms with Crippen LogP contribution in [0.15, 0.2) is 82.5 Å². The van der Waals surface area contributed by atoms with Gasteiger partial charge in [0.25, 0.3) is 5.91 Å². The molecule has 0 N–H and O–H groups in total. The molecule has 0 saturated carbocycles. The Morgan fingerprint density at radius 3 is 2.60 bits per heavy atom. The van der Waals surface area contributed by atoms with Gasteiger partial charge < -0.3 is 14.1 Å². The second kappa shape index (κ2) is 9.08. The first-order valence-electron chi connectivity index (χ1n) is 11.3. The van der Waals surface area contributed by atoms with E-state index in [0.29, 0.717) is 40.5 Å². The molecule has 1 aromatic heterocycles. The third-order valence-corrected chi connectivity index (χ3v) is 6.67. The molecule has 35 heavy (non-hydrogen) atoms. The molecule has 1 unspecified atom stereocenters. The van der Waals surface area contributed by atoms with Gasteiger partial charge in [-0.1, -0.05) is 66.2 Å². The van der Waals surface area contributed by atoms with Crippen LogP contribution < -0.4 is 10.2 Å². The molecule has 5 nitrogen and oxygen atoms in total. The number of amides is 1. The van der Waals surface area contributed by atoms with E-state index in [9.17, 15) is 9.59 Å². The normalized spacial score (nSPS) is 14.9. The zero-order valence-corrected chi connectivity index (χ0v) is 20.3. The zero-order valence-electron chi connectivity index (χ0n) is 19.5. The van der Waals surface area contributed by atoms with Gasteiger partial charge in [0.2, 0.25) is 5.76 Å². The molecule has 0 saturated heterocycles. The SMILES string of the molecule is C=CCOc1cccc(C2c3c(oc4cc(C)c(Cl)cc4c3=O)C(=O)N2Cc2ccc(C)cc2)c1. The van der Waals surface area contributed by atoms with E-state index in [2.05, 4.69) is 6.58 Å². The number of carbonyl (C=O) groups is 1. The Balaban J connectivity index is 1.70. The molecule has 3 aromatic carbocycles. The number of hydrogen-bond donors (Lipinski definition) is 0.